The van der Waals surface area contributed by atoms with Crippen LogP contribution in [0, 0.1) is 0 Å². The van der Waals surface area contributed by atoms with Gasteiger partial charge in [0.25, 0.3) is 0 Å². The molecule has 0 saturated carbocycles. The number of unbranched alkanes of at least 4 members (excludes halogenated alkanes) is 1. The van der Waals surface area contributed by atoms with Crippen molar-refractivity contribution in [3.63, 3.8) is 0 Å². The first kappa shape index (κ1) is 12.9. The summed E-state index contributed by atoms with van der Waals surface area (Å²) in [7, 11) is -1.77. The summed E-state index contributed by atoms with van der Waals surface area (Å²) < 4.78 is 5.86. The molecule has 0 aromatic carbocycles. The topological polar surface area (TPSA) is 39.2 Å². The van der Waals surface area contributed by atoms with Crippen molar-refractivity contribution in [2.45, 2.75) is 38.9 Å². The second-order valence-corrected chi connectivity index (χ2v) is 8.69. The van der Waals surface area contributed by atoms with E-state index in [9.17, 15) is 4.79 Å². The van der Waals surface area contributed by atoms with E-state index in [1.54, 1.807) is 18.2 Å². The zero-order valence-corrected chi connectivity index (χ0v) is 11.2. The zero-order valence-electron chi connectivity index (χ0n) is 10.2. The van der Waals surface area contributed by atoms with Crippen LogP contribution in [0.25, 0.3) is 0 Å². The van der Waals surface area contributed by atoms with Crippen molar-refractivity contribution < 1.29 is 4.43 Å². The maximum absolute atomic E-state index is 11.6. The van der Waals surface area contributed by atoms with Crippen molar-refractivity contribution in [1.29, 1.82) is 0 Å². The minimum atomic E-state index is -1.77. The Morgan fingerprint density at radius 1 is 1.38 bits per heavy atom. The van der Waals surface area contributed by atoms with E-state index in [0.717, 1.165) is 18.9 Å². The van der Waals surface area contributed by atoms with E-state index in [4.69, 9.17) is 4.43 Å². The Balaban J connectivity index is 2.80. The largest absolute Gasteiger partial charge is 0.540 e. The molecule has 1 aromatic rings. The quantitative estimate of drug-likeness (QED) is 0.739. The van der Waals surface area contributed by atoms with E-state index in [2.05, 4.69) is 25.0 Å². The Morgan fingerprint density at radius 3 is 2.81 bits per heavy atom. The van der Waals surface area contributed by atoms with Gasteiger partial charge in [-0.15, -0.1) is 0 Å². The highest BCUT2D eigenvalue weighted by molar-refractivity contribution is 6.71. The monoisotopic (exact) mass is 237 g/mol. The standard InChI is InChI=1S/C12H19NO2Si/c1-4-5-10-16(2,3)15-11-8-6-7-9-13-12(11)14/h6-9H,4-5,10H2,1-3H3. The fourth-order valence-electron chi connectivity index (χ4n) is 1.47. The highest BCUT2D eigenvalue weighted by atomic mass is 28.4. The molecule has 0 amide bonds. The normalized spacial score (nSPS) is 11.2. The van der Waals surface area contributed by atoms with E-state index < -0.39 is 8.32 Å². The molecule has 1 heterocycles. The summed E-state index contributed by atoms with van der Waals surface area (Å²) in [5.41, 5.74) is -0.276. The number of nitrogens with zero attached hydrogens (tertiary/aromatic N) is 1. The Kier molecular flexibility index (Phi) is 4.67. The molecular weight excluding hydrogens is 218 g/mol. The molecule has 88 valence electrons. The molecule has 0 fully saturated rings. The predicted octanol–water partition coefficient (Wildman–Crippen LogP) is 2.83. The van der Waals surface area contributed by atoms with Crippen molar-refractivity contribution in [2.75, 3.05) is 0 Å². The van der Waals surface area contributed by atoms with Crippen LogP contribution in [0.5, 0.6) is 5.75 Å². The first-order valence-corrected chi connectivity index (χ1v) is 8.81. The molecule has 0 atom stereocenters. The predicted molar refractivity (Wildman–Crippen MR) is 68.3 cm³/mol. The van der Waals surface area contributed by atoms with Gasteiger partial charge in [0, 0.05) is 6.20 Å². The van der Waals surface area contributed by atoms with E-state index in [-0.39, 0.29) is 5.56 Å². The van der Waals surface area contributed by atoms with Gasteiger partial charge >= 0.3 is 5.56 Å². The van der Waals surface area contributed by atoms with Gasteiger partial charge in [0.1, 0.15) is 0 Å². The zero-order chi connectivity index (χ0) is 12.0. The summed E-state index contributed by atoms with van der Waals surface area (Å²) in [5, 5.41) is 0. The molecule has 0 aliphatic rings. The molecule has 16 heavy (non-hydrogen) atoms. The SMILES string of the molecule is CCCC[Si](C)(C)Oc1ccccnc1=O. The van der Waals surface area contributed by atoms with Gasteiger partial charge in [-0.25, -0.2) is 4.98 Å². The molecule has 0 aliphatic carbocycles. The molecule has 0 spiro atoms. The minimum Gasteiger partial charge on any atom is -0.540 e. The van der Waals surface area contributed by atoms with Gasteiger partial charge in [-0.3, -0.25) is 4.79 Å². The van der Waals surface area contributed by atoms with Gasteiger partial charge in [0.2, 0.25) is 8.32 Å². The van der Waals surface area contributed by atoms with Crippen LogP contribution in [0.15, 0.2) is 29.2 Å². The minimum absolute atomic E-state index is 0.276. The van der Waals surface area contributed by atoms with E-state index in [0.29, 0.717) is 5.75 Å². The van der Waals surface area contributed by atoms with Crippen molar-refractivity contribution >= 4 is 8.32 Å². The first-order valence-electron chi connectivity index (χ1n) is 5.69. The van der Waals surface area contributed by atoms with Gasteiger partial charge in [0.05, 0.1) is 0 Å². The van der Waals surface area contributed by atoms with Crippen molar-refractivity contribution in [3.8, 4) is 5.75 Å². The van der Waals surface area contributed by atoms with Gasteiger partial charge in [-0.05, 0) is 31.3 Å². The lowest BCUT2D eigenvalue weighted by Gasteiger charge is -2.22. The summed E-state index contributed by atoms with van der Waals surface area (Å²) >= 11 is 0. The van der Waals surface area contributed by atoms with Gasteiger partial charge in [0.15, 0.2) is 5.75 Å². The van der Waals surface area contributed by atoms with Crippen LogP contribution in [0.1, 0.15) is 19.8 Å². The second-order valence-electron chi connectivity index (χ2n) is 4.46. The van der Waals surface area contributed by atoms with Gasteiger partial charge in [-0.1, -0.05) is 25.8 Å². The summed E-state index contributed by atoms with van der Waals surface area (Å²) in [6.07, 6.45) is 3.81. The summed E-state index contributed by atoms with van der Waals surface area (Å²) in [5.74, 6) is 0.387. The maximum Gasteiger partial charge on any atom is 0.310 e. The molecule has 1 aromatic heterocycles. The third-order valence-electron chi connectivity index (χ3n) is 2.37. The van der Waals surface area contributed by atoms with E-state index >= 15 is 0 Å². The third kappa shape index (κ3) is 4.14. The van der Waals surface area contributed by atoms with Crippen LogP contribution >= 0.6 is 0 Å². The first-order chi connectivity index (χ1) is 7.55. The number of aromatic nitrogens is 1. The van der Waals surface area contributed by atoms with Crippen LogP contribution in [0.2, 0.25) is 19.1 Å². The maximum atomic E-state index is 11.6. The highest BCUT2D eigenvalue weighted by Gasteiger charge is 2.24. The van der Waals surface area contributed by atoms with Crippen molar-refractivity contribution in [1.82, 2.24) is 4.98 Å². The van der Waals surface area contributed by atoms with Crippen LogP contribution in [-0.2, 0) is 0 Å². The van der Waals surface area contributed by atoms with E-state index in [1.807, 2.05) is 0 Å². The molecule has 0 N–H and O–H groups in total. The molecule has 0 saturated heterocycles. The average Bonchev–Trinajstić information content (AvgIpc) is 2.41. The molecular formula is C12H19NO2Si. The lowest BCUT2D eigenvalue weighted by Crippen LogP contribution is -2.35. The summed E-state index contributed by atoms with van der Waals surface area (Å²) in [4.78, 5) is 15.3. The Hall–Kier alpha value is -1.16. The fourth-order valence-corrected chi connectivity index (χ4v) is 3.52. The van der Waals surface area contributed by atoms with Crippen molar-refractivity contribution in [2.24, 2.45) is 0 Å². The van der Waals surface area contributed by atoms with E-state index in [1.165, 1.54) is 6.20 Å². The summed E-state index contributed by atoms with van der Waals surface area (Å²) in [6.45, 7) is 6.43. The van der Waals surface area contributed by atoms with Crippen LogP contribution in [0.3, 0.4) is 0 Å². The molecule has 0 bridgehead atoms. The molecule has 4 heteroatoms. The number of hydrogen-bond acceptors (Lipinski definition) is 3. The lowest BCUT2D eigenvalue weighted by atomic mass is 10.4. The lowest BCUT2D eigenvalue weighted by molar-refractivity contribution is 0.535. The molecule has 0 unspecified atom stereocenters. The van der Waals surface area contributed by atoms with Crippen molar-refractivity contribution in [3.05, 3.63) is 34.7 Å². The Bertz CT molecular complexity index is 393. The molecule has 0 radical (unpaired) electrons. The molecule has 3 nitrogen and oxygen atoms in total. The summed E-state index contributed by atoms with van der Waals surface area (Å²) in [6, 6.07) is 6.29. The van der Waals surface area contributed by atoms with Crippen LogP contribution in [-0.4, -0.2) is 13.3 Å². The molecule has 1 rings (SSSR count). The highest BCUT2D eigenvalue weighted by Crippen LogP contribution is 2.17. The van der Waals surface area contributed by atoms with Gasteiger partial charge < -0.3 is 4.43 Å². The molecule has 0 aliphatic heterocycles. The average molecular weight is 237 g/mol. The van der Waals surface area contributed by atoms with Crippen LogP contribution < -0.4 is 9.99 Å². The fraction of sp³-hybridized carbons (Fsp3) is 0.500. The Morgan fingerprint density at radius 2 is 2.12 bits per heavy atom. The smallest absolute Gasteiger partial charge is 0.310 e. The number of hydrogen-bond donors (Lipinski definition) is 0. The Labute approximate surface area is 97.6 Å². The van der Waals surface area contributed by atoms with Gasteiger partial charge in [-0.2, -0.15) is 0 Å². The number of rotatable bonds is 5. The third-order valence-corrected chi connectivity index (χ3v) is 4.70. The van der Waals surface area contributed by atoms with Crippen LogP contribution in [0.4, 0.5) is 0 Å². The second kappa shape index (κ2) is 5.79.